The lowest BCUT2D eigenvalue weighted by atomic mass is 9.94. The molecule has 2 aliphatic rings. The first-order valence-corrected chi connectivity index (χ1v) is 9.46. The zero-order chi connectivity index (χ0) is 21.8. The van der Waals surface area contributed by atoms with E-state index in [0.717, 1.165) is 12.8 Å². The highest BCUT2D eigenvalue weighted by Gasteiger charge is 2.42. The van der Waals surface area contributed by atoms with Gasteiger partial charge in [0.1, 0.15) is 6.61 Å². The van der Waals surface area contributed by atoms with Gasteiger partial charge < -0.3 is 24.3 Å². The van der Waals surface area contributed by atoms with Crippen molar-refractivity contribution in [3.05, 3.63) is 35.0 Å². The number of benzene rings is 1. The zero-order valence-electron chi connectivity index (χ0n) is 16.9. The second-order valence-corrected chi connectivity index (χ2v) is 6.90. The van der Waals surface area contributed by atoms with E-state index in [2.05, 4.69) is 10.1 Å². The molecule has 1 fully saturated rings. The minimum atomic E-state index is -3.01. The molecule has 3 rings (SSSR count). The second kappa shape index (κ2) is 9.29. The summed E-state index contributed by atoms with van der Waals surface area (Å²) < 4.78 is 45.0. The van der Waals surface area contributed by atoms with Crippen LogP contribution in [0.15, 0.2) is 29.5 Å². The molecule has 1 aliphatic heterocycles. The van der Waals surface area contributed by atoms with E-state index in [1.807, 2.05) is 0 Å². The average Bonchev–Trinajstić information content (AvgIpc) is 3.52. The van der Waals surface area contributed by atoms with E-state index in [9.17, 15) is 18.4 Å². The summed E-state index contributed by atoms with van der Waals surface area (Å²) in [5.74, 6) is -0.689. The Bertz CT molecular complexity index is 841. The van der Waals surface area contributed by atoms with Crippen molar-refractivity contribution in [2.45, 2.75) is 38.5 Å². The molecule has 10 heteroatoms. The maximum absolute atomic E-state index is 12.9. The smallest absolute Gasteiger partial charge is 0.387 e. The highest BCUT2D eigenvalue weighted by atomic mass is 19.3. The molecule has 0 radical (unpaired) electrons. The molecule has 8 nitrogen and oxygen atoms in total. The fraction of sp³-hybridized carbons (Fsp3) is 0.500. The number of methoxy groups -OCH3 is 2. The second-order valence-electron chi connectivity index (χ2n) is 6.90. The number of rotatable bonds is 9. The molecule has 1 unspecified atom stereocenters. The van der Waals surface area contributed by atoms with E-state index in [4.69, 9.17) is 14.2 Å². The van der Waals surface area contributed by atoms with Gasteiger partial charge in [0, 0.05) is 18.8 Å². The Labute approximate surface area is 172 Å². The normalized spacial score (nSPS) is 19.1. The first kappa shape index (κ1) is 21.8. The molecule has 1 saturated carbocycles. The summed E-state index contributed by atoms with van der Waals surface area (Å²) in [4.78, 5) is 27.1. The van der Waals surface area contributed by atoms with Crippen molar-refractivity contribution >= 4 is 12.0 Å². The maximum Gasteiger partial charge on any atom is 0.387 e. The van der Waals surface area contributed by atoms with Crippen LogP contribution >= 0.6 is 0 Å². The molecule has 0 bridgehead atoms. The number of nitrogens with one attached hydrogen (secondary N) is 1. The van der Waals surface area contributed by atoms with Gasteiger partial charge in [-0.15, -0.1) is 0 Å². The highest BCUT2D eigenvalue weighted by molar-refractivity contribution is 5.95. The fourth-order valence-electron chi connectivity index (χ4n) is 3.40. The Morgan fingerprint density at radius 1 is 1.23 bits per heavy atom. The van der Waals surface area contributed by atoms with Gasteiger partial charge >= 0.3 is 18.6 Å². The third-order valence-corrected chi connectivity index (χ3v) is 4.92. The van der Waals surface area contributed by atoms with Crippen LogP contribution in [0.3, 0.4) is 0 Å². The number of nitrogens with zero attached hydrogens (tertiary/aromatic N) is 1. The van der Waals surface area contributed by atoms with Crippen LogP contribution in [0, 0.1) is 0 Å². The van der Waals surface area contributed by atoms with E-state index < -0.39 is 18.6 Å². The van der Waals surface area contributed by atoms with Crippen molar-refractivity contribution in [2.24, 2.45) is 0 Å². The van der Waals surface area contributed by atoms with Crippen molar-refractivity contribution in [3.63, 3.8) is 0 Å². The third kappa shape index (κ3) is 4.64. The van der Waals surface area contributed by atoms with Gasteiger partial charge in [-0.25, -0.2) is 9.59 Å². The summed E-state index contributed by atoms with van der Waals surface area (Å²) in [6, 6.07) is 3.13. The van der Waals surface area contributed by atoms with Crippen molar-refractivity contribution in [1.82, 2.24) is 10.2 Å². The van der Waals surface area contributed by atoms with Gasteiger partial charge in [0.25, 0.3) is 0 Å². The largest absolute Gasteiger partial charge is 0.493 e. The van der Waals surface area contributed by atoms with Crippen LogP contribution in [0.5, 0.6) is 11.5 Å². The van der Waals surface area contributed by atoms with E-state index in [1.54, 1.807) is 11.8 Å². The topological polar surface area (TPSA) is 86.3 Å². The maximum atomic E-state index is 12.9. The van der Waals surface area contributed by atoms with Crippen molar-refractivity contribution in [3.8, 4) is 11.5 Å². The van der Waals surface area contributed by atoms with Gasteiger partial charge in [-0.1, -0.05) is 6.07 Å². The first-order valence-electron chi connectivity index (χ1n) is 9.46. The molecule has 1 aromatic rings. The number of allylic oxidation sites excluding steroid dienone is 1. The van der Waals surface area contributed by atoms with E-state index >= 15 is 0 Å². The molecule has 0 saturated heterocycles. The predicted octanol–water partition coefficient (Wildman–Crippen LogP) is 2.99. The molecule has 1 heterocycles. The summed E-state index contributed by atoms with van der Waals surface area (Å²) in [6.07, 6.45) is 1.71. The van der Waals surface area contributed by atoms with Crippen LogP contribution in [0.2, 0.25) is 0 Å². The highest BCUT2D eigenvalue weighted by Crippen LogP contribution is 2.40. The number of ether oxygens (including phenoxy) is 4. The number of alkyl halides is 2. The minimum absolute atomic E-state index is 0.0454. The summed E-state index contributed by atoms with van der Waals surface area (Å²) in [6.45, 7) is -1.03. The average molecular weight is 426 g/mol. The summed E-state index contributed by atoms with van der Waals surface area (Å²) >= 11 is 0. The van der Waals surface area contributed by atoms with Crippen LogP contribution in [0.1, 0.15) is 31.4 Å². The number of hydrogen-bond donors (Lipinski definition) is 1. The Balaban J connectivity index is 1.98. The molecule has 0 aromatic heterocycles. The van der Waals surface area contributed by atoms with Crippen LogP contribution in [-0.2, 0) is 14.3 Å². The minimum Gasteiger partial charge on any atom is -0.493 e. The van der Waals surface area contributed by atoms with E-state index in [1.165, 1.54) is 32.4 Å². The monoisotopic (exact) mass is 426 g/mol. The standard InChI is InChI=1S/C20H24F2N2O6/c1-11-16(18(25)29-9-8-27-2)17(23-20(26)24(11)13-5-6-13)12-4-7-14(30-19(21)22)15(10-12)28-3/h4,7,10,13,17,19H,5-6,8-9H2,1-3H3,(H,23,26). The molecular weight excluding hydrogens is 402 g/mol. The molecular formula is C20H24F2N2O6. The molecule has 1 N–H and O–H groups in total. The molecule has 1 aliphatic carbocycles. The van der Waals surface area contributed by atoms with Gasteiger partial charge in [-0.2, -0.15) is 8.78 Å². The number of amides is 2. The Morgan fingerprint density at radius 2 is 1.97 bits per heavy atom. The van der Waals surface area contributed by atoms with Gasteiger partial charge in [-0.05, 0) is 37.5 Å². The molecule has 0 spiro atoms. The Hall–Kier alpha value is -2.88. The third-order valence-electron chi connectivity index (χ3n) is 4.92. The molecule has 30 heavy (non-hydrogen) atoms. The molecule has 2 amide bonds. The fourth-order valence-corrected chi connectivity index (χ4v) is 3.40. The van der Waals surface area contributed by atoms with Crippen molar-refractivity contribution in [2.75, 3.05) is 27.4 Å². The van der Waals surface area contributed by atoms with Crippen molar-refractivity contribution < 1.29 is 37.3 Å². The first-order chi connectivity index (χ1) is 14.4. The Morgan fingerprint density at radius 3 is 2.57 bits per heavy atom. The van der Waals surface area contributed by atoms with Gasteiger partial charge in [0.15, 0.2) is 11.5 Å². The summed E-state index contributed by atoms with van der Waals surface area (Å²) in [7, 11) is 2.80. The van der Waals surface area contributed by atoms with Crippen LogP contribution < -0.4 is 14.8 Å². The van der Waals surface area contributed by atoms with Gasteiger partial charge in [0.05, 0.1) is 25.3 Å². The SMILES string of the molecule is COCCOC(=O)C1=C(C)N(C2CC2)C(=O)NC1c1ccc(OC(F)F)c(OC)c1. The number of urea groups is 1. The van der Waals surface area contributed by atoms with E-state index in [-0.39, 0.29) is 42.4 Å². The lowest BCUT2D eigenvalue weighted by Crippen LogP contribution is -2.49. The lowest BCUT2D eigenvalue weighted by Gasteiger charge is -2.35. The number of esters is 1. The summed E-state index contributed by atoms with van der Waals surface area (Å²) in [5, 5.41) is 2.82. The number of carbonyl (C=O) groups is 2. The number of halogens is 2. The predicted molar refractivity (Wildman–Crippen MR) is 101 cm³/mol. The quantitative estimate of drug-likeness (QED) is 0.483. The Kier molecular flexibility index (Phi) is 6.76. The van der Waals surface area contributed by atoms with Crippen molar-refractivity contribution in [1.29, 1.82) is 0 Å². The van der Waals surface area contributed by atoms with E-state index in [0.29, 0.717) is 11.3 Å². The van der Waals surface area contributed by atoms with Crippen LogP contribution in [0.4, 0.5) is 13.6 Å². The van der Waals surface area contributed by atoms with Crippen LogP contribution in [0.25, 0.3) is 0 Å². The van der Waals surface area contributed by atoms with Gasteiger partial charge in [-0.3, -0.25) is 4.90 Å². The van der Waals surface area contributed by atoms with Crippen LogP contribution in [-0.4, -0.2) is 57.0 Å². The number of carbonyl (C=O) groups excluding carboxylic acids is 2. The van der Waals surface area contributed by atoms with Gasteiger partial charge in [0.2, 0.25) is 0 Å². The molecule has 164 valence electrons. The molecule has 1 aromatic carbocycles. The lowest BCUT2D eigenvalue weighted by molar-refractivity contribution is -0.140. The number of hydrogen-bond acceptors (Lipinski definition) is 6. The molecule has 1 atom stereocenters. The zero-order valence-corrected chi connectivity index (χ0v) is 16.9. The summed E-state index contributed by atoms with van der Waals surface area (Å²) in [5.41, 5.74) is 1.23.